The molecule has 0 aliphatic carbocycles. The Bertz CT molecular complexity index is 626. The minimum absolute atomic E-state index is 0.285. The normalized spacial score (nSPS) is 13.1. The van der Waals surface area contributed by atoms with Crippen molar-refractivity contribution in [1.29, 1.82) is 0 Å². The molecule has 4 heteroatoms. The number of carbonyl (C=O) groups excluding carboxylic acids is 1. The Hall–Kier alpha value is -2.36. The van der Waals surface area contributed by atoms with Gasteiger partial charge in [0.2, 0.25) is 0 Å². The van der Waals surface area contributed by atoms with Crippen molar-refractivity contribution in [3.8, 4) is 0 Å². The molecule has 0 fully saturated rings. The first-order valence-electron chi connectivity index (χ1n) is 7.28. The molecule has 1 aliphatic heterocycles. The topological polar surface area (TPSA) is 51.2 Å². The number of aromatic nitrogens is 1. The summed E-state index contributed by atoms with van der Waals surface area (Å²) in [7, 11) is 0. The molecule has 108 valence electrons. The van der Waals surface area contributed by atoms with Gasteiger partial charge in [0.25, 0.3) is 0 Å². The predicted octanol–water partition coefficient (Wildman–Crippen LogP) is 2.84. The van der Waals surface area contributed by atoms with E-state index in [2.05, 4.69) is 16.4 Å². The summed E-state index contributed by atoms with van der Waals surface area (Å²) < 4.78 is 5.28. The molecule has 0 saturated carbocycles. The van der Waals surface area contributed by atoms with E-state index in [1.165, 1.54) is 5.56 Å². The number of hydrogen-bond acceptors (Lipinski definition) is 4. The fraction of sp³-hybridized carbons (Fsp3) is 0.294. The molecule has 2 aromatic rings. The lowest BCUT2D eigenvalue weighted by atomic mass is 10.1. The first-order chi connectivity index (χ1) is 10.3. The standard InChI is InChI=1S/C17H18N2O2/c20-17(14-5-2-1-3-6-14)21-12-10-15-9-8-13-7-4-11-18-16(13)19-15/h1-3,5-6,8-9H,4,7,10-12H2,(H,18,19). The zero-order valence-corrected chi connectivity index (χ0v) is 11.8. The molecule has 0 bridgehead atoms. The van der Waals surface area contributed by atoms with Crippen molar-refractivity contribution in [3.05, 3.63) is 59.3 Å². The third-order valence-corrected chi connectivity index (χ3v) is 3.55. The molecule has 0 saturated heterocycles. The fourth-order valence-corrected chi connectivity index (χ4v) is 2.41. The monoisotopic (exact) mass is 282 g/mol. The summed E-state index contributed by atoms with van der Waals surface area (Å²) in [6.07, 6.45) is 2.87. The molecule has 0 atom stereocenters. The number of carbonyl (C=O) groups is 1. The Balaban J connectivity index is 1.55. The van der Waals surface area contributed by atoms with Gasteiger partial charge in [-0.1, -0.05) is 24.3 Å². The van der Waals surface area contributed by atoms with Crippen LogP contribution in [0.25, 0.3) is 0 Å². The van der Waals surface area contributed by atoms with Crippen LogP contribution in [-0.4, -0.2) is 24.1 Å². The van der Waals surface area contributed by atoms with E-state index in [0.29, 0.717) is 18.6 Å². The molecule has 0 unspecified atom stereocenters. The maximum absolute atomic E-state index is 11.8. The van der Waals surface area contributed by atoms with Crippen molar-refractivity contribution in [2.24, 2.45) is 0 Å². The van der Waals surface area contributed by atoms with Gasteiger partial charge in [0.05, 0.1) is 12.2 Å². The smallest absolute Gasteiger partial charge is 0.338 e. The van der Waals surface area contributed by atoms with Crippen molar-refractivity contribution in [2.45, 2.75) is 19.3 Å². The number of pyridine rings is 1. The Morgan fingerprint density at radius 1 is 1.19 bits per heavy atom. The minimum Gasteiger partial charge on any atom is -0.462 e. The average molecular weight is 282 g/mol. The van der Waals surface area contributed by atoms with Gasteiger partial charge >= 0.3 is 5.97 Å². The summed E-state index contributed by atoms with van der Waals surface area (Å²) in [4.78, 5) is 16.4. The van der Waals surface area contributed by atoms with Crippen LogP contribution in [0.3, 0.4) is 0 Å². The second kappa shape index (κ2) is 6.39. The predicted molar refractivity (Wildman–Crippen MR) is 81.5 cm³/mol. The molecule has 0 amide bonds. The van der Waals surface area contributed by atoms with Gasteiger partial charge in [-0.15, -0.1) is 0 Å². The maximum Gasteiger partial charge on any atom is 0.338 e. The zero-order chi connectivity index (χ0) is 14.5. The second-order valence-corrected chi connectivity index (χ2v) is 5.09. The SMILES string of the molecule is O=C(OCCc1ccc2c(n1)NCCC2)c1ccccc1. The molecule has 1 aromatic carbocycles. The number of anilines is 1. The van der Waals surface area contributed by atoms with Gasteiger partial charge in [-0.3, -0.25) is 0 Å². The first kappa shape index (κ1) is 13.6. The van der Waals surface area contributed by atoms with E-state index in [4.69, 9.17) is 4.74 Å². The number of aryl methyl sites for hydroxylation is 1. The molecule has 0 spiro atoms. The van der Waals surface area contributed by atoms with Crippen molar-refractivity contribution in [2.75, 3.05) is 18.5 Å². The Morgan fingerprint density at radius 3 is 2.90 bits per heavy atom. The van der Waals surface area contributed by atoms with E-state index >= 15 is 0 Å². The van der Waals surface area contributed by atoms with Crippen molar-refractivity contribution in [3.63, 3.8) is 0 Å². The van der Waals surface area contributed by atoms with E-state index < -0.39 is 0 Å². The summed E-state index contributed by atoms with van der Waals surface area (Å²) in [6, 6.07) is 13.2. The van der Waals surface area contributed by atoms with E-state index in [1.54, 1.807) is 12.1 Å². The molecule has 3 rings (SSSR count). The summed E-state index contributed by atoms with van der Waals surface area (Å²) >= 11 is 0. The summed E-state index contributed by atoms with van der Waals surface area (Å²) in [5, 5.41) is 3.31. The number of benzene rings is 1. The van der Waals surface area contributed by atoms with E-state index in [9.17, 15) is 4.79 Å². The lowest BCUT2D eigenvalue weighted by Crippen LogP contribution is -2.15. The third kappa shape index (κ3) is 3.40. The lowest BCUT2D eigenvalue weighted by molar-refractivity contribution is 0.0508. The lowest BCUT2D eigenvalue weighted by Gasteiger charge is -2.17. The molecular formula is C17H18N2O2. The van der Waals surface area contributed by atoms with Crippen LogP contribution in [-0.2, 0) is 17.6 Å². The van der Waals surface area contributed by atoms with Crippen LogP contribution in [0.1, 0.15) is 28.0 Å². The summed E-state index contributed by atoms with van der Waals surface area (Å²) in [5.74, 6) is 0.694. The molecule has 4 nitrogen and oxygen atoms in total. The summed E-state index contributed by atoms with van der Waals surface area (Å²) in [6.45, 7) is 1.33. The number of nitrogens with one attached hydrogen (secondary N) is 1. The number of ether oxygens (including phenoxy) is 1. The summed E-state index contributed by atoms with van der Waals surface area (Å²) in [5.41, 5.74) is 2.80. The highest BCUT2D eigenvalue weighted by atomic mass is 16.5. The number of esters is 1. The van der Waals surface area contributed by atoms with Gasteiger partial charge in [0.1, 0.15) is 5.82 Å². The van der Waals surface area contributed by atoms with Crippen LogP contribution < -0.4 is 5.32 Å². The van der Waals surface area contributed by atoms with Gasteiger partial charge in [0.15, 0.2) is 0 Å². The Kier molecular flexibility index (Phi) is 4.15. The Labute approximate surface area is 124 Å². The largest absolute Gasteiger partial charge is 0.462 e. The maximum atomic E-state index is 11.8. The highest BCUT2D eigenvalue weighted by molar-refractivity contribution is 5.89. The van der Waals surface area contributed by atoms with Crippen LogP contribution >= 0.6 is 0 Å². The second-order valence-electron chi connectivity index (χ2n) is 5.09. The van der Waals surface area contributed by atoms with E-state index in [1.807, 2.05) is 24.3 Å². The van der Waals surface area contributed by atoms with Crippen molar-refractivity contribution < 1.29 is 9.53 Å². The van der Waals surface area contributed by atoms with Gasteiger partial charge in [-0.05, 0) is 36.6 Å². The number of rotatable bonds is 4. The van der Waals surface area contributed by atoms with Crippen LogP contribution in [0.4, 0.5) is 5.82 Å². The molecule has 1 aliphatic rings. The molecule has 21 heavy (non-hydrogen) atoms. The third-order valence-electron chi connectivity index (χ3n) is 3.55. The number of fused-ring (bicyclic) bond motifs is 1. The zero-order valence-electron chi connectivity index (χ0n) is 11.8. The molecule has 1 N–H and O–H groups in total. The quantitative estimate of drug-likeness (QED) is 0.876. The molecule has 2 heterocycles. The minimum atomic E-state index is -0.285. The van der Waals surface area contributed by atoms with Gasteiger partial charge in [-0.2, -0.15) is 0 Å². The van der Waals surface area contributed by atoms with Crippen LogP contribution in [0.5, 0.6) is 0 Å². The van der Waals surface area contributed by atoms with Crippen LogP contribution in [0, 0.1) is 0 Å². The van der Waals surface area contributed by atoms with Crippen molar-refractivity contribution >= 4 is 11.8 Å². The molecular weight excluding hydrogens is 264 g/mol. The van der Waals surface area contributed by atoms with E-state index in [-0.39, 0.29) is 5.97 Å². The Morgan fingerprint density at radius 2 is 2.05 bits per heavy atom. The number of nitrogens with zero attached hydrogens (tertiary/aromatic N) is 1. The van der Waals surface area contributed by atoms with Gasteiger partial charge in [-0.25, -0.2) is 9.78 Å². The highest BCUT2D eigenvalue weighted by Crippen LogP contribution is 2.19. The molecule has 0 radical (unpaired) electrons. The molecule has 1 aromatic heterocycles. The highest BCUT2D eigenvalue weighted by Gasteiger charge is 2.11. The fourth-order valence-electron chi connectivity index (χ4n) is 2.41. The first-order valence-corrected chi connectivity index (χ1v) is 7.28. The van der Waals surface area contributed by atoms with Crippen LogP contribution in [0.2, 0.25) is 0 Å². The van der Waals surface area contributed by atoms with Gasteiger partial charge in [0, 0.05) is 18.7 Å². The van der Waals surface area contributed by atoms with Crippen LogP contribution in [0.15, 0.2) is 42.5 Å². The number of hydrogen-bond donors (Lipinski definition) is 1. The van der Waals surface area contributed by atoms with Crippen molar-refractivity contribution in [1.82, 2.24) is 4.98 Å². The van der Waals surface area contributed by atoms with Gasteiger partial charge < -0.3 is 10.1 Å². The average Bonchev–Trinajstić information content (AvgIpc) is 2.55. The van der Waals surface area contributed by atoms with E-state index in [0.717, 1.165) is 30.9 Å².